The number of carbonyl (C=O) groups is 3. The highest BCUT2D eigenvalue weighted by Gasteiger charge is 2.21. The highest BCUT2D eigenvalue weighted by Crippen LogP contribution is 1.92. The fraction of sp³-hybridized carbons (Fsp3) is 0.444. The molecule has 6 N–H and O–H groups in total. The van der Waals surface area contributed by atoms with Gasteiger partial charge in [-0.1, -0.05) is 0 Å². The van der Waals surface area contributed by atoms with Gasteiger partial charge in [0, 0.05) is 13.0 Å². The van der Waals surface area contributed by atoms with E-state index in [-0.39, 0.29) is 6.54 Å². The quantitative estimate of drug-likeness (QED) is 0.383. The molecule has 1 atom stereocenters. The lowest BCUT2D eigenvalue weighted by molar-refractivity contribution is -0.140. The maximum Gasteiger partial charge on any atom is 0.326 e. The number of carboxylic acid groups (broad SMARTS) is 1. The molecule has 0 aliphatic carbocycles. The van der Waals surface area contributed by atoms with Crippen LogP contribution in [-0.2, 0) is 16.0 Å². The second-order valence-corrected chi connectivity index (χ2v) is 3.64. The van der Waals surface area contributed by atoms with Gasteiger partial charge in [0.05, 0.1) is 6.42 Å². The van der Waals surface area contributed by atoms with Crippen LogP contribution in [0.5, 0.6) is 0 Å². The maximum absolute atomic E-state index is 11.4. The van der Waals surface area contributed by atoms with Crippen molar-refractivity contribution in [3.8, 4) is 0 Å². The average Bonchev–Trinajstić information content (AvgIpc) is 2.80. The van der Waals surface area contributed by atoms with E-state index in [1.165, 1.54) is 6.33 Å². The number of aromatic amines is 1. The summed E-state index contributed by atoms with van der Waals surface area (Å²) in [6.07, 6.45) is 1.29. The summed E-state index contributed by atoms with van der Waals surface area (Å²) in [5, 5.41) is 19.6. The molecule has 1 heterocycles. The summed E-state index contributed by atoms with van der Waals surface area (Å²) in [4.78, 5) is 36.6. The number of aromatic nitrogens is 3. The zero-order valence-electron chi connectivity index (χ0n) is 9.92. The Morgan fingerprint density at radius 3 is 2.74 bits per heavy atom. The Bertz CT molecular complexity index is 446. The summed E-state index contributed by atoms with van der Waals surface area (Å²) in [5.41, 5.74) is 4.88. The smallest absolute Gasteiger partial charge is 0.326 e. The maximum atomic E-state index is 11.4. The predicted molar refractivity (Wildman–Crippen MR) is 61.9 cm³/mol. The molecule has 0 saturated heterocycles. The lowest BCUT2D eigenvalue weighted by Crippen LogP contribution is -2.48. The monoisotopic (exact) mass is 270 g/mol. The van der Waals surface area contributed by atoms with E-state index in [1.807, 2.05) is 0 Å². The third-order valence-electron chi connectivity index (χ3n) is 2.12. The van der Waals surface area contributed by atoms with Gasteiger partial charge in [0.25, 0.3) is 0 Å². The molecule has 0 bridgehead atoms. The Morgan fingerprint density at radius 1 is 1.47 bits per heavy atom. The Morgan fingerprint density at radius 2 is 2.21 bits per heavy atom. The molecule has 104 valence electrons. The molecule has 0 aliphatic rings. The highest BCUT2D eigenvalue weighted by atomic mass is 16.4. The number of carbonyl (C=O) groups excluding carboxylic acids is 2. The van der Waals surface area contributed by atoms with E-state index in [0.29, 0.717) is 12.2 Å². The number of hydrogen-bond acceptors (Lipinski definition) is 5. The second-order valence-electron chi connectivity index (χ2n) is 3.64. The summed E-state index contributed by atoms with van der Waals surface area (Å²) in [6, 6.07) is -2.05. The summed E-state index contributed by atoms with van der Waals surface area (Å²) < 4.78 is 0. The Labute approximate surface area is 107 Å². The molecule has 0 aromatic carbocycles. The van der Waals surface area contributed by atoms with E-state index >= 15 is 0 Å². The molecule has 0 aliphatic heterocycles. The first kappa shape index (κ1) is 14.4. The molecule has 1 aromatic heterocycles. The molecular formula is C9H14N6O4. The average molecular weight is 270 g/mol. The lowest BCUT2D eigenvalue weighted by atomic mass is 10.2. The minimum atomic E-state index is -1.34. The number of amides is 3. The first-order valence-corrected chi connectivity index (χ1v) is 5.38. The minimum Gasteiger partial charge on any atom is -0.480 e. The molecule has 10 heteroatoms. The molecule has 3 amide bonds. The predicted octanol–water partition coefficient (Wildman–Crippen LogP) is -2.02. The van der Waals surface area contributed by atoms with Gasteiger partial charge in [-0.05, 0) is 0 Å². The molecule has 0 fully saturated rings. The molecule has 1 unspecified atom stereocenters. The van der Waals surface area contributed by atoms with Gasteiger partial charge in [-0.3, -0.25) is 9.89 Å². The largest absolute Gasteiger partial charge is 0.480 e. The van der Waals surface area contributed by atoms with Crippen molar-refractivity contribution < 1.29 is 19.5 Å². The van der Waals surface area contributed by atoms with E-state index in [0.717, 1.165) is 0 Å². The number of carboxylic acids is 1. The van der Waals surface area contributed by atoms with Crippen molar-refractivity contribution in [3.63, 3.8) is 0 Å². The van der Waals surface area contributed by atoms with E-state index < -0.39 is 30.4 Å². The van der Waals surface area contributed by atoms with Gasteiger partial charge in [0.2, 0.25) is 5.91 Å². The first-order valence-electron chi connectivity index (χ1n) is 5.38. The van der Waals surface area contributed by atoms with E-state index in [4.69, 9.17) is 10.8 Å². The third-order valence-corrected chi connectivity index (χ3v) is 2.12. The van der Waals surface area contributed by atoms with Crippen molar-refractivity contribution >= 4 is 17.9 Å². The molecule has 0 spiro atoms. The van der Waals surface area contributed by atoms with Crippen molar-refractivity contribution in [1.82, 2.24) is 25.8 Å². The fourth-order valence-electron chi connectivity index (χ4n) is 1.26. The summed E-state index contributed by atoms with van der Waals surface area (Å²) >= 11 is 0. The van der Waals surface area contributed by atoms with Crippen molar-refractivity contribution in [1.29, 1.82) is 0 Å². The van der Waals surface area contributed by atoms with Crippen LogP contribution >= 0.6 is 0 Å². The minimum absolute atomic E-state index is 0.240. The lowest BCUT2D eigenvalue weighted by Gasteiger charge is -2.13. The van der Waals surface area contributed by atoms with Crippen molar-refractivity contribution in [2.75, 3.05) is 6.54 Å². The van der Waals surface area contributed by atoms with Gasteiger partial charge in [0.15, 0.2) is 0 Å². The number of hydrogen-bond donors (Lipinski definition) is 5. The van der Waals surface area contributed by atoms with E-state index in [9.17, 15) is 14.4 Å². The molecule has 1 aromatic rings. The molecule has 0 saturated carbocycles. The van der Waals surface area contributed by atoms with Gasteiger partial charge < -0.3 is 21.5 Å². The number of nitrogens with two attached hydrogens (primary N) is 1. The van der Waals surface area contributed by atoms with Gasteiger partial charge in [-0.2, -0.15) is 5.10 Å². The van der Waals surface area contributed by atoms with Gasteiger partial charge in [0.1, 0.15) is 18.2 Å². The molecule has 1 rings (SSSR count). The Balaban J connectivity index is 2.32. The Kier molecular flexibility index (Phi) is 5.26. The number of nitrogens with zero attached hydrogens (tertiary/aromatic N) is 2. The van der Waals surface area contributed by atoms with Gasteiger partial charge in [-0.25, -0.2) is 14.6 Å². The first-order chi connectivity index (χ1) is 8.99. The standard InChI is InChI=1S/C9H14N6O4/c10-6(16)3-5(8(17)18)14-9(19)11-2-1-7-12-4-13-15-7/h4-5H,1-3H2,(H2,10,16)(H,17,18)(H2,11,14,19)(H,12,13,15). The van der Waals surface area contributed by atoms with Crippen LogP contribution in [-0.4, -0.2) is 50.8 Å². The van der Waals surface area contributed by atoms with Crippen molar-refractivity contribution in [2.24, 2.45) is 5.73 Å². The van der Waals surface area contributed by atoms with Crippen LogP contribution in [0.3, 0.4) is 0 Å². The van der Waals surface area contributed by atoms with Crippen molar-refractivity contribution in [3.05, 3.63) is 12.2 Å². The van der Waals surface area contributed by atoms with E-state index in [2.05, 4.69) is 25.8 Å². The zero-order valence-corrected chi connectivity index (χ0v) is 9.92. The van der Waals surface area contributed by atoms with Crippen LogP contribution in [0.25, 0.3) is 0 Å². The molecule has 0 radical (unpaired) electrons. The molecule has 10 nitrogen and oxygen atoms in total. The van der Waals surface area contributed by atoms with Crippen LogP contribution in [0.4, 0.5) is 4.79 Å². The zero-order chi connectivity index (χ0) is 14.3. The normalized spacial score (nSPS) is 11.6. The molecule has 19 heavy (non-hydrogen) atoms. The second kappa shape index (κ2) is 6.93. The van der Waals surface area contributed by atoms with Crippen LogP contribution < -0.4 is 16.4 Å². The van der Waals surface area contributed by atoms with Crippen LogP contribution in [0, 0.1) is 0 Å². The Hall–Kier alpha value is -2.65. The molecular weight excluding hydrogens is 256 g/mol. The van der Waals surface area contributed by atoms with Crippen molar-refractivity contribution in [2.45, 2.75) is 18.9 Å². The topological polar surface area (TPSA) is 163 Å². The van der Waals surface area contributed by atoms with Crippen LogP contribution in [0.1, 0.15) is 12.2 Å². The van der Waals surface area contributed by atoms with Crippen LogP contribution in [0.2, 0.25) is 0 Å². The van der Waals surface area contributed by atoms with Gasteiger partial charge >= 0.3 is 12.0 Å². The van der Waals surface area contributed by atoms with Crippen LogP contribution in [0.15, 0.2) is 6.33 Å². The number of primary amides is 1. The summed E-state index contributed by atoms with van der Waals surface area (Å²) in [6.45, 7) is 0.240. The SMILES string of the molecule is NC(=O)CC(NC(=O)NCCc1ncn[nH]1)C(=O)O. The number of nitrogens with one attached hydrogen (secondary N) is 3. The number of rotatable bonds is 7. The third kappa shape index (κ3) is 5.48. The highest BCUT2D eigenvalue weighted by molar-refractivity contribution is 5.87. The fourth-order valence-corrected chi connectivity index (χ4v) is 1.26. The number of urea groups is 1. The summed E-state index contributed by atoms with van der Waals surface area (Å²) in [5.74, 6) is -1.55. The summed E-state index contributed by atoms with van der Waals surface area (Å²) in [7, 11) is 0. The number of aliphatic carboxylic acids is 1. The number of H-pyrrole nitrogens is 1. The van der Waals surface area contributed by atoms with Gasteiger partial charge in [-0.15, -0.1) is 0 Å². The van der Waals surface area contributed by atoms with E-state index in [1.54, 1.807) is 0 Å².